The van der Waals surface area contributed by atoms with Gasteiger partial charge in [0.05, 0.1) is 14.2 Å². The number of rotatable bonds is 5. The number of ether oxygens (including phenoxy) is 2. The molecule has 2 N–H and O–H groups in total. The van der Waals surface area contributed by atoms with Crippen LogP contribution in [0.2, 0.25) is 0 Å². The average molecular weight is 314 g/mol. The minimum absolute atomic E-state index is 0.296. The molecule has 0 saturated heterocycles. The van der Waals surface area contributed by atoms with Crippen molar-refractivity contribution < 1.29 is 13.9 Å². The van der Waals surface area contributed by atoms with Gasteiger partial charge < -0.3 is 14.8 Å². The fourth-order valence-electron chi connectivity index (χ4n) is 2.06. The van der Waals surface area contributed by atoms with E-state index in [4.69, 9.17) is 9.47 Å². The summed E-state index contributed by atoms with van der Waals surface area (Å²) in [4.78, 5) is 4.33. The summed E-state index contributed by atoms with van der Waals surface area (Å²) in [6.45, 7) is 0. The van der Waals surface area contributed by atoms with Crippen LogP contribution in [0, 0.1) is 5.82 Å². The topological polar surface area (TPSA) is 72.1 Å². The molecule has 7 heteroatoms. The number of hydrogen-bond acceptors (Lipinski definition) is 5. The highest BCUT2D eigenvalue weighted by Gasteiger charge is 2.08. The maximum Gasteiger partial charge on any atom is 0.246 e. The van der Waals surface area contributed by atoms with Gasteiger partial charge in [-0.3, -0.25) is 5.10 Å². The third-order valence-corrected chi connectivity index (χ3v) is 3.21. The van der Waals surface area contributed by atoms with Crippen molar-refractivity contribution in [2.45, 2.75) is 0 Å². The highest BCUT2D eigenvalue weighted by atomic mass is 19.1. The number of nitrogens with one attached hydrogen (secondary N) is 2. The van der Waals surface area contributed by atoms with Crippen LogP contribution in [0.1, 0.15) is 0 Å². The third kappa shape index (κ3) is 3.39. The average Bonchev–Trinajstić information content (AvgIpc) is 3.03. The monoisotopic (exact) mass is 314 g/mol. The maximum absolute atomic E-state index is 13.0. The van der Waals surface area contributed by atoms with E-state index in [0.717, 1.165) is 11.3 Å². The van der Waals surface area contributed by atoms with E-state index in [1.54, 1.807) is 44.6 Å². The number of halogens is 1. The van der Waals surface area contributed by atoms with Crippen LogP contribution in [0.5, 0.6) is 11.5 Å². The Hall–Kier alpha value is -3.09. The Labute approximate surface area is 132 Å². The van der Waals surface area contributed by atoms with Gasteiger partial charge in [-0.2, -0.15) is 4.98 Å². The first kappa shape index (κ1) is 14.8. The fourth-order valence-corrected chi connectivity index (χ4v) is 2.06. The van der Waals surface area contributed by atoms with Crippen LogP contribution < -0.4 is 14.8 Å². The molecule has 3 aromatic rings. The van der Waals surface area contributed by atoms with Gasteiger partial charge in [0.25, 0.3) is 0 Å². The molecule has 0 aliphatic rings. The summed E-state index contributed by atoms with van der Waals surface area (Å²) in [5, 5.41) is 9.98. The molecule has 1 heterocycles. The summed E-state index contributed by atoms with van der Waals surface area (Å²) in [7, 11) is 3.16. The van der Waals surface area contributed by atoms with Crippen LogP contribution in [0.3, 0.4) is 0 Å². The van der Waals surface area contributed by atoms with Gasteiger partial charge in [0, 0.05) is 29.4 Å². The molecule has 2 aromatic carbocycles. The number of benzene rings is 2. The Bertz CT molecular complexity index is 780. The van der Waals surface area contributed by atoms with E-state index < -0.39 is 0 Å². The summed E-state index contributed by atoms with van der Waals surface area (Å²) in [5.74, 6) is 1.94. The van der Waals surface area contributed by atoms with Crippen molar-refractivity contribution in [2.75, 3.05) is 19.5 Å². The summed E-state index contributed by atoms with van der Waals surface area (Å²) in [6.07, 6.45) is 0. The van der Waals surface area contributed by atoms with Crippen molar-refractivity contribution in [3.05, 3.63) is 48.3 Å². The zero-order valence-corrected chi connectivity index (χ0v) is 12.6. The number of aromatic amines is 1. The summed E-state index contributed by atoms with van der Waals surface area (Å²) in [6, 6.07) is 11.4. The molecular formula is C16H15FN4O2. The Morgan fingerprint density at radius 1 is 1.00 bits per heavy atom. The van der Waals surface area contributed by atoms with Crippen LogP contribution in [-0.4, -0.2) is 29.4 Å². The minimum atomic E-state index is -0.296. The smallest absolute Gasteiger partial charge is 0.246 e. The van der Waals surface area contributed by atoms with Crippen LogP contribution in [-0.2, 0) is 0 Å². The van der Waals surface area contributed by atoms with Crippen LogP contribution in [0.4, 0.5) is 16.0 Å². The van der Waals surface area contributed by atoms with E-state index in [1.165, 1.54) is 12.1 Å². The molecule has 0 aliphatic carbocycles. The van der Waals surface area contributed by atoms with E-state index >= 15 is 0 Å². The molecule has 0 radical (unpaired) electrons. The standard InChI is InChI=1S/C16H15FN4O2/c1-22-13-7-12(8-14(9-13)23-2)18-16-19-15(20-21-16)10-3-5-11(17)6-4-10/h3-9H,1-2H3,(H2,18,19,20,21). The first-order chi connectivity index (χ1) is 11.2. The quantitative estimate of drug-likeness (QED) is 0.755. The third-order valence-electron chi connectivity index (χ3n) is 3.21. The number of H-pyrrole nitrogens is 1. The summed E-state index contributed by atoms with van der Waals surface area (Å²) < 4.78 is 23.4. The Balaban J connectivity index is 1.83. The van der Waals surface area contributed by atoms with E-state index in [1.807, 2.05) is 0 Å². The second kappa shape index (κ2) is 6.35. The predicted octanol–water partition coefficient (Wildman–Crippen LogP) is 3.37. The van der Waals surface area contributed by atoms with Gasteiger partial charge in [0.1, 0.15) is 17.3 Å². The normalized spacial score (nSPS) is 10.4. The molecule has 6 nitrogen and oxygen atoms in total. The molecule has 0 saturated carbocycles. The van der Waals surface area contributed by atoms with Gasteiger partial charge >= 0.3 is 0 Å². The van der Waals surface area contributed by atoms with Gasteiger partial charge in [-0.15, -0.1) is 5.10 Å². The Morgan fingerprint density at radius 2 is 1.65 bits per heavy atom. The van der Waals surface area contributed by atoms with Gasteiger partial charge in [-0.05, 0) is 24.3 Å². The van der Waals surface area contributed by atoms with Crippen LogP contribution in [0.25, 0.3) is 11.4 Å². The predicted molar refractivity (Wildman–Crippen MR) is 84.6 cm³/mol. The Morgan fingerprint density at radius 3 is 2.26 bits per heavy atom. The lowest BCUT2D eigenvalue weighted by Gasteiger charge is -2.08. The largest absolute Gasteiger partial charge is 0.497 e. The van der Waals surface area contributed by atoms with Gasteiger partial charge in [-0.25, -0.2) is 4.39 Å². The van der Waals surface area contributed by atoms with Crippen molar-refractivity contribution in [1.82, 2.24) is 15.2 Å². The molecule has 0 amide bonds. The molecule has 0 bridgehead atoms. The van der Waals surface area contributed by atoms with Gasteiger partial charge in [0.2, 0.25) is 5.95 Å². The minimum Gasteiger partial charge on any atom is -0.497 e. The molecule has 3 rings (SSSR count). The fraction of sp³-hybridized carbons (Fsp3) is 0.125. The van der Waals surface area contributed by atoms with E-state index in [9.17, 15) is 4.39 Å². The lowest BCUT2D eigenvalue weighted by Crippen LogP contribution is -1.95. The number of aromatic nitrogens is 3. The number of hydrogen-bond donors (Lipinski definition) is 2. The number of nitrogens with zero attached hydrogens (tertiary/aromatic N) is 2. The summed E-state index contributed by atoms with van der Waals surface area (Å²) in [5.41, 5.74) is 1.47. The lowest BCUT2D eigenvalue weighted by atomic mass is 10.2. The van der Waals surface area contributed by atoms with Crippen LogP contribution in [0.15, 0.2) is 42.5 Å². The van der Waals surface area contributed by atoms with Crippen molar-refractivity contribution in [1.29, 1.82) is 0 Å². The number of anilines is 2. The van der Waals surface area contributed by atoms with E-state index in [2.05, 4.69) is 20.5 Å². The molecule has 0 atom stereocenters. The van der Waals surface area contributed by atoms with Crippen LogP contribution >= 0.6 is 0 Å². The molecule has 1 aromatic heterocycles. The van der Waals surface area contributed by atoms with Crippen molar-refractivity contribution in [2.24, 2.45) is 0 Å². The zero-order chi connectivity index (χ0) is 16.2. The first-order valence-corrected chi connectivity index (χ1v) is 6.86. The van der Waals surface area contributed by atoms with Crippen molar-refractivity contribution >= 4 is 11.6 Å². The molecule has 0 spiro atoms. The molecule has 0 aliphatic heterocycles. The second-order valence-electron chi connectivity index (χ2n) is 4.74. The molecule has 118 valence electrons. The highest BCUT2D eigenvalue weighted by molar-refractivity contribution is 5.62. The lowest BCUT2D eigenvalue weighted by molar-refractivity contribution is 0.395. The van der Waals surface area contributed by atoms with Gasteiger partial charge in [-0.1, -0.05) is 0 Å². The maximum atomic E-state index is 13.0. The SMILES string of the molecule is COc1cc(Nc2n[nH]c(-c3ccc(F)cc3)n2)cc(OC)c1. The van der Waals surface area contributed by atoms with E-state index in [-0.39, 0.29) is 5.82 Å². The second-order valence-corrected chi connectivity index (χ2v) is 4.74. The molecule has 0 unspecified atom stereocenters. The first-order valence-electron chi connectivity index (χ1n) is 6.86. The number of methoxy groups -OCH3 is 2. The van der Waals surface area contributed by atoms with Crippen molar-refractivity contribution in [3.63, 3.8) is 0 Å². The zero-order valence-electron chi connectivity index (χ0n) is 12.6. The molecule has 0 fully saturated rings. The van der Waals surface area contributed by atoms with E-state index in [0.29, 0.717) is 23.3 Å². The molecule has 23 heavy (non-hydrogen) atoms. The highest BCUT2D eigenvalue weighted by Crippen LogP contribution is 2.27. The molecular weight excluding hydrogens is 299 g/mol. The summed E-state index contributed by atoms with van der Waals surface area (Å²) >= 11 is 0. The Kier molecular flexibility index (Phi) is 4.09. The van der Waals surface area contributed by atoms with Crippen molar-refractivity contribution in [3.8, 4) is 22.9 Å². The van der Waals surface area contributed by atoms with Gasteiger partial charge in [0.15, 0.2) is 5.82 Å².